The molecule has 2 aromatic carbocycles. The zero-order valence-corrected chi connectivity index (χ0v) is 18.3. The largest absolute Gasteiger partial charge is 0.483 e. The third kappa shape index (κ3) is 5.81. The van der Waals surface area contributed by atoms with Crippen molar-refractivity contribution in [3.63, 3.8) is 0 Å². The summed E-state index contributed by atoms with van der Waals surface area (Å²) < 4.78 is 32.1. The van der Waals surface area contributed by atoms with Gasteiger partial charge in [-0.3, -0.25) is 4.79 Å². The minimum Gasteiger partial charge on any atom is -0.483 e. The van der Waals surface area contributed by atoms with Gasteiger partial charge in [-0.25, -0.2) is 8.42 Å². The van der Waals surface area contributed by atoms with Crippen molar-refractivity contribution >= 4 is 21.6 Å². The van der Waals surface area contributed by atoms with Crippen LogP contribution in [0.4, 0.5) is 5.69 Å². The van der Waals surface area contributed by atoms with E-state index in [4.69, 9.17) is 4.74 Å². The van der Waals surface area contributed by atoms with Crippen LogP contribution in [0.1, 0.15) is 45.6 Å². The van der Waals surface area contributed by atoms with E-state index in [2.05, 4.69) is 19.2 Å². The van der Waals surface area contributed by atoms with E-state index in [-0.39, 0.29) is 17.4 Å². The molecule has 0 aliphatic rings. The molecule has 1 atom stereocenters. The van der Waals surface area contributed by atoms with Gasteiger partial charge < -0.3 is 10.1 Å². The number of anilines is 1. The molecule has 158 valence electrons. The topological polar surface area (TPSA) is 75.7 Å². The Labute approximate surface area is 173 Å². The molecule has 6 nitrogen and oxygen atoms in total. The second-order valence-electron chi connectivity index (χ2n) is 6.80. The minimum absolute atomic E-state index is 0.118. The van der Waals surface area contributed by atoms with E-state index >= 15 is 0 Å². The van der Waals surface area contributed by atoms with Crippen LogP contribution < -0.4 is 10.1 Å². The highest BCUT2D eigenvalue weighted by Crippen LogP contribution is 2.28. The van der Waals surface area contributed by atoms with E-state index in [0.29, 0.717) is 30.4 Å². The fourth-order valence-electron chi connectivity index (χ4n) is 3.00. The Morgan fingerprint density at radius 1 is 1.03 bits per heavy atom. The summed E-state index contributed by atoms with van der Waals surface area (Å²) in [5.74, 6) is 0.746. The summed E-state index contributed by atoms with van der Waals surface area (Å²) in [6.07, 6.45) is 0.981. The van der Waals surface area contributed by atoms with Crippen molar-refractivity contribution in [3.05, 3.63) is 54.1 Å². The first kappa shape index (κ1) is 22.9. The van der Waals surface area contributed by atoms with Gasteiger partial charge >= 0.3 is 0 Å². The van der Waals surface area contributed by atoms with Gasteiger partial charge in [0.1, 0.15) is 5.75 Å². The standard InChI is InChI=1S/C22H30N2O4S/c1-5-17(4)20-10-8-9-11-21(20)28-16-22(25)23-18-12-14-19(15-13-18)29(26,27)24(6-2)7-3/h8-15,17H,5-7,16H2,1-4H3,(H,23,25). The Morgan fingerprint density at radius 3 is 2.24 bits per heavy atom. The van der Waals surface area contributed by atoms with Gasteiger partial charge in [0.2, 0.25) is 10.0 Å². The van der Waals surface area contributed by atoms with Gasteiger partial charge in [0, 0.05) is 18.8 Å². The van der Waals surface area contributed by atoms with Crippen LogP contribution in [0.5, 0.6) is 5.75 Å². The molecule has 2 rings (SSSR count). The molecule has 1 unspecified atom stereocenters. The molecular weight excluding hydrogens is 388 g/mol. The fraction of sp³-hybridized carbons (Fsp3) is 0.409. The van der Waals surface area contributed by atoms with Crippen LogP contribution in [0, 0.1) is 0 Å². The average molecular weight is 419 g/mol. The molecule has 0 heterocycles. The van der Waals surface area contributed by atoms with Crippen molar-refractivity contribution in [1.82, 2.24) is 4.31 Å². The Bertz CT molecular complexity index is 907. The first-order valence-corrected chi connectivity index (χ1v) is 11.4. The number of nitrogens with zero attached hydrogens (tertiary/aromatic N) is 1. The Hall–Kier alpha value is -2.38. The Balaban J connectivity index is 2.00. The smallest absolute Gasteiger partial charge is 0.262 e. The number of rotatable bonds is 10. The van der Waals surface area contributed by atoms with E-state index < -0.39 is 10.0 Å². The summed E-state index contributed by atoms with van der Waals surface area (Å²) >= 11 is 0. The first-order chi connectivity index (χ1) is 13.8. The number of nitrogens with one attached hydrogen (secondary N) is 1. The van der Waals surface area contributed by atoms with Crippen molar-refractivity contribution in [3.8, 4) is 5.75 Å². The lowest BCUT2D eigenvalue weighted by Crippen LogP contribution is -2.30. The maximum atomic E-state index is 12.5. The third-order valence-electron chi connectivity index (χ3n) is 4.90. The van der Waals surface area contributed by atoms with Crippen molar-refractivity contribution in [1.29, 1.82) is 0 Å². The van der Waals surface area contributed by atoms with E-state index in [1.54, 1.807) is 26.0 Å². The summed E-state index contributed by atoms with van der Waals surface area (Å²) in [7, 11) is -3.51. The van der Waals surface area contributed by atoms with Gasteiger partial charge in [-0.15, -0.1) is 0 Å². The quantitative estimate of drug-likeness (QED) is 0.626. The van der Waals surface area contributed by atoms with Gasteiger partial charge in [0.05, 0.1) is 4.90 Å². The summed E-state index contributed by atoms with van der Waals surface area (Å²) in [6, 6.07) is 13.9. The zero-order chi connectivity index (χ0) is 21.4. The van der Waals surface area contributed by atoms with Crippen LogP contribution in [-0.2, 0) is 14.8 Å². The molecule has 0 spiro atoms. The van der Waals surface area contributed by atoms with Gasteiger partial charge in [0.25, 0.3) is 5.91 Å². The molecular formula is C22H30N2O4S. The number of para-hydroxylation sites is 1. The molecule has 29 heavy (non-hydrogen) atoms. The fourth-order valence-corrected chi connectivity index (χ4v) is 4.46. The molecule has 7 heteroatoms. The molecule has 0 saturated heterocycles. The van der Waals surface area contributed by atoms with Crippen molar-refractivity contribution in [2.45, 2.75) is 44.9 Å². The van der Waals surface area contributed by atoms with Gasteiger partial charge in [-0.2, -0.15) is 4.31 Å². The van der Waals surface area contributed by atoms with E-state index in [0.717, 1.165) is 12.0 Å². The third-order valence-corrected chi connectivity index (χ3v) is 6.97. The second kappa shape index (κ2) is 10.4. The summed E-state index contributed by atoms with van der Waals surface area (Å²) in [5, 5.41) is 2.74. The lowest BCUT2D eigenvalue weighted by atomic mass is 9.98. The Morgan fingerprint density at radius 2 is 1.66 bits per heavy atom. The molecule has 0 bridgehead atoms. The molecule has 1 N–H and O–H groups in total. The SMILES string of the molecule is CCC(C)c1ccccc1OCC(=O)Nc1ccc(S(=O)(=O)N(CC)CC)cc1. The number of ether oxygens (including phenoxy) is 1. The number of carbonyl (C=O) groups is 1. The molecule has 0 fully saturated rings. The predicted molar refractivity (Wildman–Crippen MR) is 116 cm³/mol. The molecule has 0 radical (unpaired) electrons. The second-order valence-corrected chi connectivity index (χ2v) is 8.74. The van der Waals surface area contributed by atoms with E-state index in [1.807, 2.05) is 24.3 Å². The number of hydrogen-bond acceptors (Lipinski definition) is 4. The summed E-state index contributed by atoms with van der Waals surface area (Å²) in [5.41, 5.74) is 1.60. The average Bonchev–Trinajstić information content (AvgIpc) is 2.73. The number of sulfonamides is 1. The molecule has 0 aliphatic carbocycles. The van der Waals surface area contributed by atoms with E-state index in [9.17, 15) is 13.2 Å². The predicted octanol–water partition coefficient (Wildman–Crippen LogP) is 4.25. The van der Waals surface area contributed by atoms with Crippen LogP contribution >= 0.6 is 0 Å². The number of amides is 1. The number of carbonyl (C=O) groups excluding carboxylic acids is 1. The van der Waals surface area contributed by atoms with Crippen LogP contribution in [0.15, 0.2) is 53.4 Å². The minimum atomic E-state index is -3.51. The highest BCUT2D eigenvalue weighted by molar-refractivity contribution is 7.89. The summed E-state index contributed by atoms with van der Waals surface area (Å²) in [4.78, 5) is 12.5. The molecule has 2 aromatic rings. The van der Waals surface area contributed by atoms with Crippen LogP contribution in [0.25, 0.3) is 0 Å². The monoisotopic (exact) mass is 418 g/mol. The highest BCUT2D eigenvalue weighted by atomic mass is 32.2. The van der Waals surface area contributed by atoms with Crippen LogP contribution in [0.2, 0.25) is 0 Å². The number of benzene rings is 2. The lowest BCUT2D eigenvalue weighted by molar-refractivity contribution is -0.118. The molecule has 1 amide bonds. The number of hydrogen-bond donors (Lipinski definition) is 1. The maximum Gasteiger partial charge on any atom is 0.262 e. The molecule has 0 aliphatic heterocycles. The zero-order valence-electron chi connectivity index (χ0n) is 17.5. The highest BCUT2D eigenvalue weighted by Gasteiger charge is 2.21. The van der Waals surface area contributed by atoms with Crippen molar-refractivity contribution in [2.24, 2.45) is 0 Å². The molecule has 0 saturated carbocycles. The van der Waals surface area contributed by atoms with Crippen molar-refractivity contribution < 1.29 is 17.9 Å². The summed E-state index contributed by atoms with van der Waals surface area (Å²) in [6.45, 7) is 8.53. The molecule has 0 aromatic heterocycles. The van der Waals surface area contributed by atoms with Gasteiger partial charge in [-0.05, 0) is 48.2 Å². The van der Waals surface area contributed by atoms with E-state index in [1.165, 1.54) is 16.4 Å². The van der Waals surface area contributed by atoms with Crippen LogP contribution in [-0.4, -0.2) is 38.3 Å². The normalized spacial score (nSPS) is 12.6. The van der Waals surface area contributed by atoms with Gasteiger partial charge in [0.15, 0.2) is 6.61 Å². The first-order valence-electron chi connectivity index (χ1n) is 9.95. The maximum absolute atomic E-state index is 12.5. The van der Waals surface area contributed by atoms with Gasteiger partial charge in [-0.1, -0.05) is 45.9 Å². The van der Waals surface area contributed by atoms with Crippen LogP contribution in [0.3, 0.4) is 0 Å². The van der Waals surface area contributed by atoms with Crippen molar-refractivity contribution in [2.75, 3.05) is 25.0 Å². The Kier molecular flexibility index (Phi) is 8.22. The lowest BCUT2D eigenvalue weighted by Gasteiger charge is -2.18.